The van der Waals surface area contributed by atoms with Crippen molar-refractivity contribution in [3.8, 4) is 0 Å². The van der Waals surface area contributed by atoms with Gasteiger partial charge in [0.25, 0.3) is 5.78 Å². The zero-order valence-corrected chi connectivity index (χ0v) is 26.4. The molecule has 0 radical (unpaired) electrons. The number of aliphatic hydroxyl groups is 1. The van der Waals surface area contributed by atoms with E-state index in [1.807, 2.05) is 0 Å². The van der Waals surface area contributed by atoms with Gasteiger partial charge in [0.05, 0.1) is 19.3 Å². The van der Waals surface area contributed by atoms with Gasteiger partial charge in [-0.05, 0) is 45.0 Å². The molecule has 0 atom stereocenters. The second kappa shape index (κ2) is 18.2. The second-order valence-electron chi connectivity index (χ2n) is 9.44. The van der Waals surface area contributed by atoms with Gasteiger partial charge in [-0.3, -0.25) is 14.6 Å². The summed E-state index contributed by atoms with van der Waals surface area (Å²) in [6.45, 7) is 5.62. The van der Waals surface area contributed by atoms with Crippen LogP contribution in [0.15, 0.2) is 54.3 Å². The molecule has 0 aliphatic carbocycles. The van der Waals surface area contributed by atoms with E-state index in [-0.39, 0.29) is 18.3 Å². The third kappa shape index (κ3) is 15.1. The molecule has 0 bridgehead atoms. The van der Waals surface area contributed by atoms with Crippen molar-refractivity contribution in [2.45, 2.75) is 46.2 Å². The summed E-state index contributed by atoms with van der Waals surface area (Å²) in [6.07, 6.45) is -9.17. The molecule has 3 aromatic rings. The van der Waals surface area contributed by atoms with Gasteiger partial charge in [-0.25, -0.2) is 34.7 Å². The van der Waals surface area contributed by atoms with Crippen molar-refractivity contribution < 1.29 is 63.7 Å². The van der Waals surface area contributed by atoms with Crippen molar-refractivity contribution in [1.82, 2.24) is 29.9 Å². The molecule has 50 heavy (non-hydrogen) atoms. The molecule has 4 heterocycles. The zero-order chi connectivity index (χ0) is 38.4. The predicted octanol–water partition coefficient (Wildman–Crippen LogP) is 5.71. The maximum absolute atomic E-state index is 12.3. The number of nitrogens with zero attached hydrogens (tertiary/aromatic N) is 7. The smallest absolute Gasteiger partial charge is 0.454 e. The van der Waals surface area contributed by atoms with E-state index in [2.05, 4.69) is 39.6 Å². The number of aromatic nitrogens is 6. The number of aryl methyl sites for hydroxylation is 3. The lowest BCUT2D eigenvalue weighted by Gasteiger charge is -2.02. The second-order valence-corrected chi connectivity index (χ2v) is 9.44. The Morgan fingerprint density at radius 1 is 0.740 bits per heavy atom. The van der Waals surface area contributed by atoms with Gasteiger partial charge in [-0.15, -0.1) is 0 Å². The highest BCUT2D eigenvalue weighted by molar-refractivity contribution is 6.07. The Morgan fingerprint density at radius 3 is 1.60 bits per heavy atom. The van der Waals surface area contributed by atoms with E-state index in [4.69, 9.17) is 0 Å². The van der Waals surface area contributed by atoms with Gasteiger partial charge < -0.3 is 9.84 Å². The van der Waals surface area contributed by atoms with Gasteiger partial charge in [-0.2, -0.15) is 39.5 Å². The molecule has 0 spiro atoms. The maximum atomic E-state index is 12.3. The van der Waals surface area contributed by atoms with Crippen molar-refractivity contribution >= 4 is 34.6 Å². The van der Waals surface area contributed by atoms with Crippen LogP contribution in [0.4, 0.5) is 39.5 Å². The number of methoxy groups -OCH3 is 1. The zero-order valence-electron chi connectivity index (χ0n) is 26.4. The number of aliphatic hydroxyl groups excluding tert-OH is 1. The van der Waals surface area contributed by atoms with E-state index >= 15 is 0 Å². The van der Waals surface area contributed by atoms with Crippen molar-refractivity contribution in [3.63, 3.8) is 0 Å². The first kappa shape index (κ1) is 42.4. The molecule has 0 aromatic carbocycles. The lowest BCUT2D eigenvalue weighted by atomic mass is 10.1. The quantitative estimate of drug-likeness (QED) is 0.151. The van der Waals surface area contributed by atoms with Crippen LogP contribution in [0.3, 0.4) is 0 Å². The fourth-order valence-corrected chi connectivity index (χ4v) is 2.93. The summed E-state index contributed by atoms with van der Waals surface area (Å²) < 4.78 is 110. The Labute approximate surface area is 276 Å². The van der Waals surface area contributed by atoms with E-state index in [9.17, 15) is 59.0 Å². The molecule has 1 aliphatic heterocycles. The van der Waals surface area contributed by atoms with E-state index in [0.29, 0.717) is 35.3 Å². The van der Waals surface area contributed by atoms with Crippen LogP contribution in [-0.4, -0.2) is 90.4 Å². The number of hydrogen-bond donors (Lipinski definition) is 1. The Bertz CT molecular complexity index is 1700. The van der Waals surface area contributed by atoms with E-state index in [0.717, 1.165) is 18.1 Å². The number of carbonyl (C=O) groups is 3. The molecule has 4 rings (SSSR count). The number of halogens is 9. The Hall–Kier alpha value is -5.63. The highest BCUT2D eigenvalue weighted by Gasteiger charge is 2.37. The lowest BCUT2D eigenvalue weighted by Crippen LogP contribution is -2.20. The number of rotatable bonds is 4. The van der Waals surface area contributed by atoms with Crippen molar-refractivity contribution in [2.75, 3.05) is 13.7 Å². The number of alkyl halides is 9. The summed E-state index contributed by atoms with van der Waals surface area (Å²) in [5, 5.41) is 9.23. The standard InChI is InChI=1S/C10H8F3N3.C9H7F3N2O2.C7H8N2O2.C3H3F3O/c1-6-2-8(16-5-15-6)7-3-9(14-4-7)10(11,12)13;1-5-2-6(14-4-13-5)7(15)3-8(16)9(10,11)12;1-5-3-6(7(10)11-2)9-4-8-5;1-2(7)3(4,5)6/h2-3,5H,4H2,1H3;2-4,15H,1H3;3-4H,1-2H3;1H3. The molecular weight excluding hydrogens is 697 g/mol. The lowest BCUT2D eigenvalue weighted by molar-refractivity contribution is -0.168. The van der Waals surface area contributed by atoms with Crippen LogP contribution in [0, 0.1) is 20.8 Å². The van der Waals surface area contributed by atoms with Crippen LogP contribution >= 0.6 is 0 Å². The van der Waals surface area contributed by atoms with Gasteiger partial charge in [0.2, 0.25) is 5.78 Å². The molecular formula is C29H26F9N7O5. The number of Topliss-reactive ketones (excluding diaryl/α,β-unsaturated/α-hetero) is 1. The van der Waals surface area contributed by atoms with E-state index in [1.165, 1.54) is 25.8 Å². The molecule has 270 valence electrons. The fourth-order valence-electron chi connectivity index (χ4n) is 2.93. The van der Waals surface area contributed by atoms with E-state index in [1.54, 1.807) is 32.9 Å². The molecule has 0 amide bonds. The molecule has 0 saturated heterocycles. The van der Waals surface area contributed by atoms with Crippen LogP contribution in [0.2, 0.25) is 0 Å². The number of ether oxygens (including phenoxy) is 1. The highest BCUT2D eigenvalue weighted by Crippen LogP contribution is 2.26. The summed E-state index contributed by atoms with van der Waals surface area (Å²) in [7, 11) is 1.32. The summed E-state index contributed by atoms with van der Waals surface area (Å²) in [5.74, 6) is -5.17. The minimum atomic E-state index is -5.00. The average molecular weight is 724 g/mol. The summed E-state index contributed by atoms with van der Waals surface area (Å²) in [6, 6.07) is 4.47. The van der Waals surface area contributed by atoms with Gasteiger partial charge in [-0.1, -0.05) is 0 Å². The normalized spacial score (nSPS) is 12.8. The van der Waals surface area contributed by atoms with Crippen LogP contribution in [0.1, 0.15) is 45.9 Å². The van der Waals surface area contributed by atoms with Crippen LogP contribution in [-0.2, 0) is 14.3 Å². The van der Waals surface area contributed by atoms with Gasteiger partial charge in [0.1, 0.15) is 36.1 Å². The van der Waals surface area contributed by atoms with Crippen LogP contribution in [0.5, 0.6) is 0 Å². The number of ketones is 2. The Morgan fingerprint density at radius 2 is 1.20 bits per heavy atom. The highest BCUT2D eigenvalue weighted by atomic mass is 19.4. The molecule has 0 unspecified atom stereocenters. The number of hydrogen-bond acceptors (Lipinski definition) is 12. The van der Waals surface area contributed by atoms with Crippen molar-refractivity contribution in [3.05, 3.63) is 83.5 Å². The first-order valence-electron chi connectivity index (χ1n) is 13.3. The largest absolute Gasteiger partial charge is 0.506 e. The van der Waals surface area contributed by atoms with Gasteiger partial charge >= 0.3 is 24.5 Å². The number of esters is 1. The molecule has 3 aromatic heterocycles. The fraction of sp³-hybridized carbons (Fsp3) is 0.310. The molecule has 1 aliphatic rings. The molecule has 1 N–H and O–H groups in total. The van der Waals surface area contributed by atoms with Gasteiger partial charge in [0, 0.05) is 35.7 Å². The Balaban J connectivity index is 0.000000348. The molecule has 0 fully saturated rings. The summed E-state index contributed by atoms with van der Waals surface area (Å²) in [4.78, 5) is 56.7. The topological polar surface area (TPSA) is 170 Å². The summed E-state index contributed by atoms with van der Waals surface area (Å²) in [5.41, 5.74) is 2.20. The predicted molar refractivity (Wildman–Crippen MR) is 156 cm³/mol. The van der Waals surface area contributed by atoms with Crippen molar-refractivity contribution in [2.24, 2.45) is 4.99 Å². The maximum Gasteiger partial charge on any atom is 0.454 e. The van der Waals surface area contributed by atoms with Crippen LogP contribution < -0.4 is 0 Å². The van der Waals surface area contributed by atoms with Crippen molar-refractivity contribution in [1.29, 1.82) is 0 Å². The number of carbonyl (C=O) groups excluding carboxylic acids is 3. The summed E-state index contributed by atoms with van der Waals surface area (Å²) >= 11 is 0. The van der Waals surface area contributed by atoms with E-state index < -0.39 is 47.5 Å². The SMILES string of the molecule is CC(=O)C(F)(F)F.COC(=O)c1cc(C)ncn1.Cc1cc(C(O)=CC(=O)C(F)(F)F)ncn1.Cc1cc(C2=CC(C(F)(F)F)=NC2)ncn1. The molecule has 0 saturated carbocycles. The monoisotopic (exact) mass is 723 g/mol. The van der Waals surface area contributed by atoms with Gasteiger partial charge in [0.15, 0.2) is 5.69 Å². The minimum Gasteiger partial charge on any atom is -0.506 e. The number of aliphatic imine (C=N–C) groups is 1. The average Bonchev–Trinajstić information content (AvgIpc) is 3.52. The number of allylic oxidation sites excluding steroid dienone is 2. The first-order valence-corrected chi connectivity index (χ1v) is 13.3. The molecule has 21 heteroatoms. The molecule has 12 nitrogen and oxygen atoms in total. The minimum absolute atomic E-state index is 0.0191. The van der Waals surface area contributed by atoms with Crippen LogP contribution in [0.25, 0.3) is 11.3 Å². The Kier molecular flexibility index (Phi) is 15.4. The third-order valence-electron chi connectivity index (χ3n) is 5.36. The third-order valence-corrected chi connectivity index (χ3v) is 5.36. The first-order chi connectivity index (χ1) is 22.9.